The zero-order valence-electron chi connectivity index (χ0n) is 11.3. The lowest BCUT2D eigenvalue weighted by Gasteiger charge is -2.45. The maximum absolute atomic E-state index is 6.43. The Morgan fingerprint density at radius 2 is 2.21 bits per heavy atom. The van der Waals surface area contributed by atoms with E-state index in [1.165, 1.54) is 11.7 Å². The monoisotopic (exact) mass is 296 g/mol. The Morgan fingerprint density at radius 3 is 3.00 bits per heavy atom. The van der Waals surface area contributed by atoms with E-state index in [1.807, 2.05) is 12.1 Å². The van der Waals surface area contributed by atoms with Crippen LogP contribution in [0.3, 0.4) is 0 Å². The molecule has 4 nitrogen and oxygen atoms in total. The van der Waals surface area contributed by atoms with Crippen molar-refractivity contribution in [2.45, 2.75) is 32.4 Å². The van der Waals surface area contributed by atoms with Crippen LogP contribution in [0.5, 0.6) is 0 Å². The summed E-state index contributed by atoms with van der Waals surface area (Å²) in [5, 5.41) is 4.31. The van der Waals surface area contributed by atoms with Crippen LogP contribution in [-0.2, 0) is 0 Å². The minimum Gasteiger partial charge on any atom is -0.363 e. The summed E-state index contributed by atoms with van der Waals surface area (Å²) in [6.07, 6.45) is 0. The smallest absolute Gasteiger partial charge is 0.129 e. The molecular formula is C13H17ClN4S. The Labute approximate surface area is 122 Å². The molecule has 1 atom stereocenters. The van der Waals surface area contributed by atoms with E-state index in [1.54, 1.807) is 0 Å². The summed E-state index contributed by atoms with van der Waals surface area (Å²) in [4.78, 5) is 2.35. The highest BCUT2D eigenvalue weighted by Crippen LogP contribution is 2.36. The van der Waals surface area contributed by atoms with E-state index in [0.717, 1.165) is 34.8 Å². The SMILES string of the molecule is CC1CNC(C)(C)CN1c1c(Cl)ccc2nsnc12. The standard InChI is InChI=1S/C13H17ClN4S/c1-8-6-15-13(2,3)7-18(8)12-9(14)4-5-10-11(12)17-19-16-10/h4-5,8,15H,6-7H2,1-3H3. The van der Waals surface area contributed by atoms with Crippen molar-refractivity contribution >= 4 is 40.0 Å². The van der Waals surface area contributed by atoms with Gasteiger partial charge in [-0.2, -0.15) is 8.75 Å². The fourth-order valence-corrected chi connectivity index (χ4v) is 3.36. The van der Waals surface area contributed by atoms with Gasteiger partial charge in [0.15, 0.2) is 0 Å². The van der Waals surface area contributed by atoms with Crippen LogP contribution in [-0.4, -0.2) is 33.4 Å². The average Bonchev–Trinajstić information content (AvgIpc) is 2.81. The average molecular weight is 297 g/mol. The Kier molecular flexibility index (Phi) is 3.15. The molecule has 0 spiro atoms. The molecule has 1 N–H and O–H groups in total. The molecule has 2 aromatic rings. The van der Waals surface area contributed by atoms with Crippen molar-refractivity contribution in [3.05, 3.63) is 17.2 Å². The highest BCUT2D eigenvalue weighted by molar-refractivity contribution is 7.00. The summed E-state index contributed by atoms with van der Waals surface area (Å²) < 4.78 is 8.73. The number of benzene rings is 1. The van der Waals surface area contributed by atoms with Gasteiger partial charge in [0.05, 0.1) is 22.4 Å². The third kappa shape index (κ3) is 2.30. The van der Waals surface area contributed by atoms with Crippen molar-refractivity contribution in [1.82, 2.24) is 14.1 Å². The molecule has 0 amide bonds. The molecule has 1 aliphatic heterocycles. The molecule has 3 rings (SSSR count). The second kappa shape index (κ2) is 4.58. The molecule has 19 heavy (non-hydrogen) atoms. The molecule has 1 aliphatic rings. The predicted octanol–water partition coefficient (Wildman–Crippen LogP) is 2.92. The summed E-state index contributed by atoms with van der Waals surface area (Å²) in [7, 11) is 0. The lowest BCUT2D eigenvalue weighted by Crippen LogP contribution is -2.61. The number of piperazine rings is 1. The third-order valence-electron chi connectivity index (χ3n) is 3.61. The van der Waals surface area contributed by atoms with Crippen LogP contribution in [0.15, 0.2) is 12.1 Å². The number of halogens is 1. The van der Waals surface area contributed by atoms with Gasteiger partial charge in [-0.1, -0.05) is 11.6 Å². The minimum absolute atomic E-state index is 0.0709. The Bertz CT molecular complexity index is 610. The van der Waals surface area contributed by atoms with Gasteiger partial charge in [0.25, 0.3) is 0 Å². The number of aromatic nitrogens is 2. The molecule has 1 aromatic carbocycles. The largest absolute Gasteiger partial charge is 0.363 e. The third-order valence-corrected chi connectivity index (χ3v) is 4.46. The molecule has 1 aromatic heterocycles. The summed E-state index contributed by atoms with van der Waals surface area (Å²) in [6.45, 7) is 8.47. The van der Waals surface area contributed by atoms with Gasteiger partial charge in [0.2, 0.25) is 0 Å². The first-order valence-electron chi connectivity index (χ1n) is 6.40. The lowest BCUT2D eigenvalue weighted by atomic mass is 9.98. The van der Waals surface area contributed by atoms with E-state index in [-0.39, 0.29) is 5.54 Å². The Balaban J connectivity index is 2.12. The first kappa shape index (κ1) is 13.1. The molecule has 0 radical (unpaired) electrons. The molecule has 1 fully saturated rings. The second-order valence-electron chi connectivity index (χ2n) is 5.77. The maximum atomic E-state index is 6.43. The first-order chi connectivity index (χ1) is 8.98. The van der Waals surface area contributed by atoms with Gasteiger partial charge in [-0.3, -0.25) is 0 Å². The van der Waals surface area contributed by atoms with E-state index in [0.29, 0.717) is 6.04 Å². The number of hydrogen-bond acceptors (Lipinski definition) is 5. The van der Waals surface area contributed by atoms with Crippen LogP contribution in [0.2, 0.25) is 5.02 Å². The fraction of sp³-hybridized carbons (Fsp3) is 0.538. The van der Waals surface area contributed by atoms with Gasteiger partial charge >= 0.3 is 0 Å². The van der Waals surface area contributed by atoms with E-state index in [2.05, 4.69) is 39.7 Å². The fourth-order valence-electron chi connectivity index (χ4n) is 2.56. The minimum atomic E-state index is 0.0709. The van der Waals surface area contributed by atoms with Crippen molar-refractivity contribution in [2.24, 2.45) is 0 Å². The topological polar surface area (TPSA) is 41.0 Å². The van der Waals surface area contributed by atoms with Gasteiger partial charge in [0, 0.05) is 24.7 Å². The predicted molar refractivity (Wildman–Crippen MR) is 81.3 cm³/mol. The van der Waals surface area contributed by atoms with Gasteiger partial charge in [0.1, 0.15) is 11.0 Å². The van der Waals surface area contributed by atoms with Crippen LogP contribution in [0, 0.1) is 0 Å². The molecule has 1 unspecified atom stereocenters. The summed E-state index contributed by atoms with van der Waals surface area (Å²) in [5.41, 5.74) is 2.94. The van der Waals surface area contributed by atoms with Crippen molar-refractivity contribution in [3.8, 4) is 0 Å². The number of rotatable bonds is 1. The molecular weight excluding hydrogens is 280 g/mol. The molecule has 6 heteroatoms. The molecule has 102 valence electrons. The second-order valence-corrected chi connectivity index (χ2v) is 6.71. The Hall–Kier alpha value is -0.910. The maximum Gasteiger partial charge on any atom is 0.129 e. The molecule has 0 aliphatic carbocycles. The number of fused-ring (bicyclic) bond motifs is 1. The van der Waals surface area contributed by atoms with Crippen LogP contribution >= 0.6 is 23.3 Å². The number of anilines is 1. The zero-order chi connectivity index (χ0) is 13.6. The van der Waals surface area contributed by atoms with E-state index >= 15 is 0 Å². The molecule has 0 saturated carbocycles. The summed E-state index contributed by atoms with van der Waals surface area (Å²) in [6, 6.07) is 4.24. The Morgan fingerprint density at radius 1 is 1.42 bits per heavy atom. The zero-order valence-corrected chi connectivity index (χ0v) is 12.8. The van der Waals surface area contributed by atoms with Gasteiger partial charge in [-0.25, -0.2) is 0 Å². The number of hydrogen-bond donors (Lipinski definition) is 1. The normalized spacial score (nSPS) is 22.9. The molecule has 0 bridgehead atoms. The van der Waals surface area contributed by atoms with Crippen molar-refractivity contribution in [3.63, 3.8) is 0 Å². The number of nitrogens with one attached hydrogen (secondary N) is 1. The van der Waals surface area contributed by atoms with Crippen LogP contribution in [0.1, 0.15) is 20.8 Å². The summed E-state index contributed by atoms with van der Waals surface area (Å²) in [5.74, 6) is 0. The van der Waals surface area contributed by atoms with E-state index < -0.39 is 0 Å². The van der Waals surface area contributed by atoms with Gasteiger partial charge in [-0.05, 0) is 32.9 Å². The molecule has 2 heterocycles. The van der Waals surface area contributed by atoms with Crippen LogP contribution in [0.25, 0.3) is 11.0 Å². The van der Waals surface area contributed by atoms with E-state index in [9.17, 15) is 0 Å². The van der Waals surface area contributed by atoms with Gasteiger partial charge in [-0.15, -0.1) is 0 Å². The highest BCUT2D eigenvalue weighted by atomic mass is 35.5. The van der Waals surface area contributed by atoms with E-state index in [4.69, 9.17) is 11.6 Å². The lowest BCUT2D eigenvalue weighted by molar-refractivity contribution is 0.318. The molecule has 1 saturated heterocycles. The highest BCUT2D eigenvalue weighted by Gasteiger charge is 2.32. The quantitative estimate of drug-likeness (QED) is 0.878. The van der Waals surface area contributed by atoms with Gasteiger partial charge < -0.3 is 10.2 Å². The number of nitrogens with zero attached hydrogens (tertiary/aromatic N) is 3. The van der Waals surface area contributed by atoms with Crippen molar-refractivity contribution in [2.75, 3.05) is 18.0 Å². The van der Waals surface area contributed by atoms with Crippen LogP contribution < -0.4 is 10.2 Å². The summed E-state index contributed by atoms with van der Waals surface area (Å²) >= 11 is 7.67. The van der Waals surface area contributed by atoms with Crippen LogP contribution in [0.4, 0.5) is 5.69 Å². The van der Waals surface area contributed by atoms with Crippen molar-refractivity contribution < 1.29 is 0 Å². The first-order valence-corrected chi connectivity index (χ1v) is 7.51. The van der Waals surface area contributed by atoms with Crippen molar-refractivity contribution in [1.29, 1.82) is 0 Å².